The van der Waals surface area contributed by atoms with E-state index < -0.39 is 23.8 Å². The monoisotopic (exact) mass is 440 g/mol. The van der Waals surface area contributed by atoms with Crippen molar-refractivity contribution in [3.63, 3.8) is 0 Å². The number of nitrogens with two attached hydrogens (primary N) is 2. The van der Waals surface area contributed by atoms with Gasteiger partial charge < -0.3 is 41.4 Å². The fourth-order valence-electron chi connectivity index (χ4n) is 1.73. The Morgan fingerprint density at radius 1 is 0.600 bits per heavy atom. The number of carboxylic acids is 2. The topological polar surface area (TPSA) is 220 Å². The molecule has 0 rings (SSSR count). The van der Waals surface area contributed by atoms with Crippen molar-refractivity contribution < 1.29 is 49.1 Å². The second kappa shape index (κ2) is 26.7. The molecule has 0 aliphatic heterocycles. The number of carboxylic acid groups (broad SMARTS) is 2. The Bertz CT molecular complexity index is 407. The Kier molecular flexibility index (Phi) is 28.8. The van der Waals surface area contributed by atoms with Crippen molar-refractivity contribution in [3.8, 4) is 0 Å². The van der Waals surface area contributed by atoms with Crippen LogP contribution in [0.1, 0.15) is 51.4 Å². The van der Waals surface area contributed by atoms with Gasteiger partial charge in [-0.15, -0.1) is 0 Å². The molecule has 0 bridgehead atoms. The van der Waals surface area contributed by atoms with Crippen LogP contribution in [0, 0.1) is 0 Å². The van der Waals surface area contributed by atoms with E-state index >= 15 is 0 Å². The van der Waals surface area contributed by atoms with Gasteiger partial charge in [0.25, 0.3) is 0 Å². The summed E-state index contributed by atoms with van der Waals surface area (Å²) in [5.74, 6) is -2.51. The van der Waals surface area contributed by atoms with Crippen molar-refractivity contribution in [2.24, 2.45) is 11.5 Å². The minimum atomic E-state index is -0.740. The maximum Gasteiger partial charge on any atom is 0.303 e. The van der Waals surface area contributed by atoms with Gasteiger partial charge >= 0.3 is 11.9 Å². The number of amides is 2. The van der Waals surface area contributed by atoms with E-state index in [2.05, 4.69) is 20.9 Å². The Hall–Kier alpha value is -2.28. The van der Waals surface area contributed by atoms with Crippen LogP contribution in [0.3, 0.4) is 0 Å². The number of hydrogen-bond acceptors (Lipinski definition) is 8. The molecule has 0 aromatic heterocycles. The number of primary amides is 2. The predicted molar refractivity (Wildman–Crippen MR) is 106 cm³/mol. The SMILES string of the molecule is NC(=O)COCCO.NC(=O)COCCO.O=C(O)CCCCCCCCC(=O)O. The molecular weight excluding hydrogens is 404 g/mol. The number of carbonyl (C=O) groups excluding carboxylic acids is 2. The first kappa shape index (κ1) is 32.4. The molecule has 0 aliphatic rings. The number of aliphatic hydroxyl groups excluding tert-OH is 2. The predicted octanol–water partition coefficient (Wildman–Crippen LogP) is -0.762. The van der Waals surface area contributed by atoms with Crippen LogP contribution < -0.4 is 11.5 Å². The lowest BCUT2D eigenvalue weighted by Gasteiger charge is -1.98. The highest BCUT2D eigenvalue weighted by atomic mass is 16.5. The fourth-order valence-corrected chi connectivity index (χ4v) is 1.73. The second-order valence-corrected chi connectivity index (χ2v) is 5.89. The van der Waals surface area contributed by atoms with Gasteiger partial charge in [0.1, 0.15) is 13.2 Å². The van der Waals surface area contributed by atoms with Gasteiger partial charge in [0, 0.05) is 12.8 Å². The van der Waals surface area contributed by atoms with E-state index in [-0.39, 0.29) is 52.5 Å². The summed E-state index contributed by atoms with van der Waals surface area (Å²) in [6, 6.07) is 0. The van der Waals surface area contributed by atoms with Crippen molar-refractivity contribution in [2.75, 3.05) is 39.6 Å². The molecule has 178 valence electrons. The van der Waals surface area contributed by atoms with Gasteiger partial charge in [-0.05, 0) is 12.8 Å². The molecule has 0 saturated heterocycles. The van der Waals surface area contributed by atoms with Crippen LogP contribution in [-0.4, -0.2) is 83.8 Å². The molecule has 0 aromatic rings. The summed E-state index contributed by atoms with van der Waals surface area (Å²) in [5.41, 5.74) is 9.38. The van der Waals surface area contributed by atoms with Crippen molar-refractivity contribution in [1.82, 2.24) is 0 Å². The van der Waals surface area contributed by atoms with Crippen molar-refractivity contribution in [1.29, 1.82) is 0 Å². The summed E-state index contributed by atoms with van der Waals surface area (Å²) in [7, 11) is 0. The second-order valence-electron chi connectivity index (χ2n) is 5.89. The molecule has 0 radical (unpaired) electrons. The molecule has 0 aromatic carbocycles. The van der Waals surface area contributed by atoms with Crippen molar-refractivity contribution >= 4 is 23.8 Å². The van der Waals surface area contributed by atoms with Crippen LogP contribution in [0.2, 0.25) is 0 Å². The smallest absolute Gasteiger partial charge is 0.303 e. The van der Waals surface area contributed by atoms with Crippen LogP contribution in [0.5, 0.6) is 0 Å². The molecule has 12 nitrogen and oxygen atoms in total. The lowest BCUT2D eigenvalue weighted by atomic mass is 10.1. The van der Waals surface area contributed by atoms with E-state index in [1.807, 2.05) is 0 Å². The lowest BCUT2D eigenvalue weighted by molar-refractivity contribution is -0.138. The van der Waals surface area contributed by atoms with Crippen LogP contribution in [0.4, 0.5) is 0 Å². The maximum atomic E-state index is 10.1. The quantitative estimate of drug-likeness (QED) is 0.155. The molecule has 12 heteroatoms. The number of ether oxygens (including phenoxy) is 2. The Morgan fingerprint density at radius 2 is 0.900 bits per heavy atom. The Morgan fingerprint density at radius 3 is 1.13 bits per heavy atom. The van der Waals surface area contributed by atoms with Gasteiger partial charge in [-0.2, -0.15) is 0 Å². The third-order valence-electron chi connectivity index (χ3n) is 2.99. The third kappa shape index (κ3) is 44.8. The van der Waals surface area contributed by atoms with Gasteiger partial charge in [0.05, 0.1) is 26.4 Å². The van der Waals surface area contributed by atoms with Gasteiger partial charge in [0.15, 0.2) is 0 Å². The van der Waals surface area contributed by atoms with E-state index in [0.717, 1.165) is 38.5 Å². The molecule has 0 spiro atoms. The molecule has 8 N–H and O–H groups in total. The summed E-state index contributed by atoms with van der Waals surface area (Å²) in [6.45, 7) is -0.0342. The highest BCUT2D eigenvalue weighted by molar-refractivity contribution is 5.75. The zero-order valence-corrected chi connectivity index (χ0v) is 17.3. The number of unbranched alkanes of at least 4 members (excludes halogenated alkanes) is 5. The molecule has 0 atom stereocenters. The maximum absolute atomic E-state index is 10.1. The largest absolute Gasteiger partial charge is 0.481 e. The van der Waals surface area contributed by atoms with Gasteiger partial charge in [-0.3, -0.25) is 19.2 Å². The number of aliphatic hydroxyl groups is 2. The summed E-state index contributed by atoms with van der Waals surface area (Å²) in [4.78, 5) is 40.1. The van der Waals surface area contributed by atoms with E-state index in [0.29, 0.717) is 0 Å². The third-order valence-corrected chi connectivity index (χ3v) is 2.99. The minimum Gasteiger partial charge on any atom is -0.481 e. The molecule has 0 aliphatic carbocycles. The van der Waals surface area contributed by atoms with Gasteiger partial charge in [-0.1, -0.05) is 25.7 Å². The van der Waals surface area contributed by atoms with Crippen LogP contribution in [0.15, 0.2) is 0 Å². The number of carbonyl (C=O) groups is 4. The van der Waals surface area contributed by atoms with Gasteiger partial charge in [0.2, 0.25) is 11.8 Å². The van der Waals surface area contributed by atoms with Gasteiger partial charge in [-0.25, -0.2) is 0 Å². The standard InChI is InChI=1S/C10H18O4.2C4H9NO3/c11-9(12)7-5-3-1-2-4-6-8-10(13)14;2*5-4(7)3-8-2-1-6/h1-8H2,(H,11,12)(H,13,14);2*6H,1-3H2,(H2,5,7). The number of hydrogen-bond donors (Lipinski definition) is 6. The van der Waals surface area contributed by atoms with Crippen LogP contribution >= 0.6 is 0 Å². The minimum absolute atomic E-state index is 0.0761. The molecule has 2 amide bonds. The molecule has 0 fully saturated rings. The molecule has 0 heterocycles. The van der Waals surface area contributed by atoms with Crippen LogP contribution in [0.25, 0.3) is 0 Å². The highest BCUT2D eigenvalue weighted by Crippen LogP contribution is 2.08. The molecular formula is C18H36N2O10. The molecule has 30 heavy (non-hydrogen) atoms. The van der Waals surface area contributed by atoms with Crippen molar-refractivity contribution in [2.45, 2.75) is 51.4 Å². The normalized spacial score (nSPS) is 9.53. The van der Waals surface area contributed by atoms with Crippen LogP contribution in [-0.2, 0) is 28.7 Å². The lowest BCUT2D eigenvalue weighted by Crippen LogP contribution is -2.19. The highest BCUT2D eigenvalue weighted by Gasteiger charge is 1.98. The Labute approximate surface area is 176 Å². The Balaban J connectivity index is -0.000000391. The number of aliphatic carboxylic acids is 2. The van der Waals surface area contributed by atoms with E-state index in [4.69, 9.17) is 20.4 Å². The first-order valence-electron chi connectivity index (χ1n) is 9.54. The molecule has 0 saturated carbocycles. The zero-order chi connectivity index (χ0) is 23.6. The summed E-state index contributed by atoms with van der Waals surface area (Å²) in [6.07, 6.45) is 5.82. The average molecular weight is 440 g/mol. The summed E-state index contributed by atoms with van der Waals surface area (Å²) < 4.78 is 9.04. The first-order chi connectivity index (χ1) is 14.2. The fraction of sp³-hybridized carbons (Fsp3) is 0.778. The van der Waals surface area contributed by atoms with E-state index in [9.17, 15) is 19.2 Å². The summed E-state index contributed by atoms with van der Waals surface area (Å²) in [5, 5.41) is 32.9. The number of rotatable bonds is 17. The average Bonchev–Trinajstić information content (AvgIpc) is 2.64. The zero-order valence-electron chi connectivity index (χ0n) is 17.3. The van der Waals surface area contributed by atoms with E-state index in [1.54, 1.807) is 0 Å². The van der Waals surface area contributed by atoms with E-state index in [1.165, 1.54) is 0 Å². The molecule has 0 unspecified atom stereocenters. The van der Waals surface area contributed by atoms with Crippen molar-refractivity contribution in [3.05, 3.63) is 0 Å². The summed E-state index contributed by atoms with van der Waals surface area (Å²) >= 11 is 0. The first-order valence-corrected chi connectivity index (χ1v) is 9.54.